The van der Waals surface area contributed by atoms with Crippen molar-refractivity contribution in [1.29, 1.82) is 0 Å². The summed E-state index contributed by atoms with van der Waals surface area (Å²) in [6, 6.07) is 6.52. The molecule has 0 saturated carbocycles. The molecule has 0 amide bonds. The van der Waals surface area contributed by atoms with Crippen molar-refractivity contribution in [3.8, 4) is 0 Å². The molecule has 1 fully saturated rings. The van der Waals surface area contributed by atoms with Crippen molar-refractivity contribution in [2.24, 2.45) is 5.92 Å². The lowest BCUT2D eigenvalue weighted by Gasteiger charge is -2.20. The maximum atomic E-state index is 12.3. The average Bonchev–Trinajstić information content (AvgIpc) is 3.37. The van der Waals surface area contributed by atoms with E-state index in [1.54, 1.807) is 30.3 Å². The van der Waals surface area contributed by atoms with E-state index in [0.29, 0.717) is 12.2 Å². The fourth-order valence-electron chi connectivity index (χ4n) is 2.80. The van der Waals surface area contributed by atoms with E-state index in [-0.39, 0.29) is 29.8 Å². The van der Waals surface area contributed by atoms with Gasteiger partial charge < -0.3 is 14.2 Å². The van der Waals surface area contributed by atoms with E-state index in [9.17, 15) is 9.59 Å². The number of esters is 2. The SMILES string of the molecule is O=C1OCC2=C(C=CC(C3CO3)C2)OC(=O)c2ccccc21. The minimum Gasteiger partial charge on any atom is -0.457 e. The maximum absolute atomic E-state index is 12.3. The third kappa shape index (κ3) is 2.33. The molecular weight excluding hydrogens is 284 g/mol. The summed E-state index contributed by atoms with van der Waals surface area (Å²) in [5.74, 6) is -0.312. The van der Waals surface area contributed by atoms with Crippen molar-refractivity contribution in [3.05, 3.63) is 58.9 Å². The molecule has 5 heteroatoms. The van der Waals surface area contributed by atoms with Crippen LogP contribution >= 0.6 is 0 Å². The number of rotatable bonds is 1. The lowest BCUT2D eigenvalue weighted by molar-refractivity contribution is 0.0533. The van der Waals surface area contributed by atoms with Gasteiger partial charge in [-0.15, -0.1) is 0 Å². The van der Waals surface area contributed by atoms with Crippen molar-refractivity contribution in [1.82, 2.24) is 0 Å². The Morgan fingerprint density at radius 2 is 1.77 bits per heavy atom. The highest BCUT2D eigenvalue weighted by Crippen LogP contribution is 2.34. The molecule has 2 atom stereocenters. The molecule has 0 spiro atoms. The number of carbonyl (C=O) groups excluding carboxylic acids is 2. The van der Waals surface area contributed by atoms with E-state index in [1.807, 2.05) is 6.08 Å². The fraction of sp³-hybridized carbons (Fsp3) is 0.294. The summed E-state index contributed by atoms with van der Waals surface area (Å²) in [5, 5.41) is 0. The average molecular weight is 298 g/mol. The van der Waals surface area contributed by atoms with Gasteiger partial charge in [-0.25, -0.2) is 9.59 Å². The number of fused-ring (bicyclic) bond motifs is 1. The Hall–Kier alpha value is -2.40. The number of epoxide rings is 1. The van der Waals surface area contributed by atoms with Gasteiger partial charge >= 0.3 is 11.9 Å². The molecule has 5 nitrogen and oxygen atoms in total. The van der Waals surface area contributed by atoms with E-state index < -0.39 is 11.9 Å². The number of ether oxygens (including phenoxy) is 3. The summed E-state index contributed by atoms with van der Waals surface area (Å²) in [6.07, 6.45) is 4.68. The second kappa shape index (κ2) is 5.10. The van der Waals surface area contributed by atoms with Crippen LogP contribution in [0.25, 0.3) is 0 Å². The Morgan fingerprint density at radius 1 is 1.05 bits per heavy atom. The van der Waals surface area contributed by atoms with Crippen LogP contribution in [0, 0.1) is 5.92 Å². The van der Waals surface area contributed by atoms with Gasteiger partial charge in [0.2, 0.25) is 0 Å². The van der Waals surface area contributed by atoms with Crippen LogP contribution in [0.15, 0.2) is 47.7 Å². The van der Waals surface area contributed by atoms with Crippen molar-refractivity contribution in [2.45, 2.75) is 12.5 Å². The van der Waals surface area contributed by atoms with Crippen molar-refractivity contribution < 1.29 is 23.8 Å². The summed E-state index contributed by atoms with van der Waals surface area (Å²) in [4.78, 5) is 24.5. The van der Waals surface area contributed by atoms with Crippen molar-refractivity contribution in [3.63, 3.8) is 0 Å². The topological polar surface area (TPSA) is 65.1 Å². The van der Waals surface area contributed by atoms with E-state index in [0.717, 1.165) is 12.2 Å². The Bertz CT molecular complexity index is 712. The third-order valence-corrected chi connectivity index (χ3v) is 4.11. The number of cyclic esters (lactones) is 1. The Morgan fingerprint density at radius 3 is 2.50 bits per heavy atom. The van der Waals surface area contributed by atoms with Gasteiger partial charge in [0.15, 0.2) is 0 Å². The molecule has 4 rings (SSSR count). The molecule has 1 aliphatic carbocycles. The molecule has 0 N–H and O–H groups in total. The van der Waals surface area contributed by atoms with Gasteiger partial charge in [0.05, 0.1) is 23.8 Å². The lowest BCUT2D eigenvalue weighted by atomic mass is 9.91. The van der Waals surface area contributed by atoms with E-state index in [4.69, 9.17) is 14.2 Å². The number of carbonyl (C=O) groups is 2. The predicted octanol–water partition coefficient (Wildman–Crippen LogP) is 2.24. The molecule has 0 bridgehead atoms. The zero-order valence-corrected chi connectivity index (χ0v) is 11.8. The van der Waals surface area contributed by atoms with Crippen LogP contribution in [0.4, 0.5) is 0 Å². The van der Waals surface area contributed by atoms with Crippen LogP contribution in [-0.4, -0.2) is 31.3 Å². The monoisotopic (exact) mass is 298 g/mol. The Balaban J connectivity index is 1.67. The molecule has 2 heterocycles. The van der Waals surface area contributed by atoms with Crippen LogP contribution in [0.1, 0.15) is 27.1 Å². The first-order valence-electron chi connectivity index (χ1n) is 7.22. The van der Waals surface area contributed by atoms with Gasteiger partial charge in [-0.05, 0) is 24.6 Å². The van der Waals surface area contributed by atoms with Gasteiger partial charge in [0.1, 0.15) is 12.4 Å². The molecule has 2 aliphatic heterocycles. The highest BCUT2D eigenvalue weighted by molar-refractivity contribution is 6.03. The molecule has 0 radical (unpaired) electrons. The van der Waals surface area contributed by atoms with Gasteiger partial charge in [-0.3, -0.25) is 0 Å². The third-order valence-electron chi connectivity index (χ3n) is 4.11. The summed E-state index contributed by atoms with van der Waals surface area (Å²) in [6.45, 7) is 0.881. The highest BCUT2D eigenvalue weighted by atomic mass is 16.6. The molecule has 1 saturated heterocycles. The van der Waals surface area contributed by atoms with Gasteiger partial charge in [-0.2, -0.15) is 0 Å². The van der Waals surface area contributed by atoms with E-state index in [1.165, 1.54) is 0 Å². The molecule has 112 valence electrons. The molecule has 3 aliphatic rings. The second-order valence-corrected chi connectivity index (χ2v) is 5.58. The molecular formula is C17H14O5. The van der Waals surface area contributed by atoms with Gasteiger partial charge in [0.25, 0.3) is 0 Å². The second-order valence-electron chi connectivity index (χ2n) is 5.58. The number of allylic oxidation sites excluding steroid dienone is 1. The van der Waals surface area contributed by atoms with Gasteiger partial charge in [-0.1, -0.05) is 18.2 Å². The van der Waals surface area contributed by atoms with Gasteiger partial charge in [0, 0.05) is 11.5 Å². The molecule has 1 aromatic rings. The van der Waals surface area contributed by atoms with Crippen LogP contribution in [0.3, 0.4) is 0 Å². The van der Waals surface area contributed by atoms with E-state index in [2.05, 4.69) is 0 Å². The smallest absolute Gasteiger partial charge is 0.344 e. The highest BCUT2D eigenvalue weighted by Gasteiger charge is 2.35. The number of hydrogen-bond donors (Lipinski definition) is 0. The molecule has 2 unspecified atom stereocenters. The molecule has 1 aromatic carbocycles. The summed E-state index contributed by atoms with van der Waals surface area (Å²) >= 11 is 0. The minimum atomic E-state index is -0.535. The Kier molecular flexibility index (Phi) is 3.08. The quantitative estimate of drug-likeness (QED) is 0.587. The summed E-state index contributed by atoms with van der Waals surface area (Å²) in [7, 11) is 0. The first-order valence-corrected chi connectivity index (χ1v) is 7.22. The summed E-state index contributed by atoms with van der Waals surface area (Å²) < 4.78 is 16.1. The minimum absolute atomic E-state index is 0.128. The predicted molar refractivity (Wildman–Crippen MR) is 76.2 cm³/mol. The number of hydrogen-bond acceptors (Lipinski definition) is 5. The first-order chi connectivity index (χ1) is 10.7. The zero-order valence-electron chi connectivity index (χ0n) is 11.8. The maximum Gasteiger partial charge on any atom is 0.344 e. The van der Waals surface area contributed by atoms with Crippen LogP contribution in [0.5, 0.6) is 0 Å². The molecule has 0 aromatic heterocycles. The first kappa shape index (κ1) is 13.3. The van der Waals surface area contributed by atoms with Crippen LogP contribution in [0.2, 0.25) is 0 Å². The lowest BCUT2D eigenvalue weighted by Crippen LogP contribution is -2.16. The largest absolute Gasteiger partial charge is 0.457 e. The van der Waals surface area contributed by atoms with Crippen molar-refractivity contribution >= 4 is 11.9 Å². The summed E-state index contributed by atoms with van der Waals surface area (Å²) in [5.41, 5.74) is 1.28. The Labute approximate surface area is 127 Å². The number of benzene rings is 1. The normalized spacial score (nSPS) is 26.9. The fourth-order valence-corrected chi connectivity index (χ4v) is 2.80. The standard InChI is InChI=1S/C17H14O5/c18-16-12-3-1-2-4-13(12)17(19)22-14-6-5-10(15-9-20-15)7-11(14)8-21-16/h1-6,10,15H,7-9H2. The van der Waals surface area contributed by atoms with Crippen LogP contribution in [-0.2, 0) is 14.2 Å². The van der Waals surface area contributed by atoms with Crippen molar-refractivity contribution in [2.75, 3.05) is 13.2 Å². The van der Waals surface area contributed by atoms with E-state index >= 15 is 0 Å². The van der Waals surface area contributed by atoms with Crippen LogP contribution < -0.4 is 0 Å². The molecule has 22 heavy (non-hydrogen) atoms. The zero-order chi connectivity index (χ0) is 15.1.